The first-order valence-corrected chi connectivity index (χ1v) is 9.08. The maximum Gasteiger partial charge on any atom is 0.238 e. The Hall–Kier alpha value is -2.72. The predicted octanol–water partition coefficient (Wildman–Crippen LogP) is 3.28. The van der Waals surface area contributed by atoms with Gasteiger partial charge in [0.25, 0.3) is 0 Å². The number of hydrogen-bond acceptors (Lipinski definition) is 3. The highest BCUT2D eigenvalue weighted by Gasteiger charge is 2.40. The van der Waals surface area contributed by atoms with Crippen LogP contribution in [0.15, 0.2) is 66.7 Å². The molecule has 0 bridgehead atoms. The van der Waals surface area contributed by atoms with Crippen molar-refractivity contribution in [2.45, 2.75) is 18.8 Å². The van der Waals surface area contributed by atoms with Crippen molar-refractivity contribution in [3.8, 4) is 0 Å². The zero-order valence-corrected chi connectivity index (χ0v) is 14.7. The molecule has 26 heavy (non-hydrogen) atoms. The third-order valence-corrected chi connectivity index (χ3v) is 5.23. The van der Waals surface area contributed by atoms with Crippen LogP contribution in [0.25, 0.3) is 5.57 Å². The van der Waals surface area contributed by atoms with Crippen LogP contribution in [-0.4, -0.2) is 41.4 Å². The average Bonchev–Trinajstić information content (AvgIpc) is 2.98. The van der Waals surface area contributed by atoms with Crippen LogP contribution in [0.1, 0.15) is 29.9 Å². The van der Waals surface area contributed by atoms with Gasteiger partial charge in [-0.05, 0) is 23.1 Å². The summed E-state index contributed by atoms with van der Waals surface area (Å²) in [6, 6.07) is 20.0. The second-order valence-corrected chi connectivity index (χ2v) is 6.89. The molecule has 0 N–H and O–H groups in total. The van der Waals surface area contributed by atoms with Gasteiger partial charge in [-0.3, -0.25) is 19.4 Å². The van der Waals surface area contributed by atoms with Crippen molar-refractivity contribution in [1.29, 1.82) is 0 Å². The number of carbonyl (C=O) groups is 2. The van der Waals surface area contributed by atoms with E-state index in [-0.39, 0.29) is 24.2 Å². The molecule has 1 saturated heterocycles. The lowest BCUT2D eigenvalue weighted by atomic mass is 9.98. The van der Waals surface area contributed by atoms with Gasteiger partial charge in [0.2, 0.25) is 11.8 Å². The van der Waals surface area contributed by atoms with E-state index in [0.29, 0.717) is 6.67 Å². The molecular weight excluding hydrogens is 324 g/mol. The molecule has 132 valence electrons. The number of likely N-dealkylation sites (tertiary alicyclic amines) is 1. The molecule has 0 radical (unpaired) electrons. The van der Waals surface area contributed by atoms with Crippen molar-refractivity contribution in [3.63, 3.8) is 0 Å². The van der Waals surface area contributed by atoms with Gasteiger partial charge in [-0.1, -0.05) is 66.7 Å². The lowest BCUT2D eigenvalue weighted by Gasteiger charge is -2.29. The number of amides is 2. The highest BCUT2D eigenvalue weighted by molar-refractivity contribution is 6.06. The van der Waals surface area contributed by atoms with E-state index in [2.05, 4.69) is 23.1 Å². The van der Waals surface area contributed by atoms with Crippen LogP contribution < -0.4 is 0 Å². The second kappa shape index (κ2) is 7.26. The molecule has 0 spiro atoms. The summed E-state index contributed by atoms with van der Waals surface area (Å²) < 4.78 is 0. The van der Waals surface area contributed by atoms with E-state index < -0.39 is 0 Å². The first-order chi connectivity index (χ1) is 12.7. The first-order valence-electron chi connectivity index (χ1n) is 9.08. The fraction of sp³-hybridized carbons (Fsp3) is 0.273. The smallest absolute Gasteiger partial charge is 0.238 e. The minimum atomic E-state index is -0.330. The molecule has 0 saturated carbocycles. The average molecular weight is 346 g/mol. The molecule has 4 rings (SSSR count). The molecule has 2 heterocycles. The molecule has 4 heteroatoms. The van der Waals surface area contributed by atoms with Gasteiger partial charge in [0.1, 0.15) is 0 Å². The summed E-state index contributed by atoms with van der Waals surface area (Å²) in [4.78, 5) is 28.7. The van der Waals surface area contributed by atoms with Crippen LogP contribution in [0.4, 0.5) is 0 Å². The van der Waals surface area contributed by atoms with Crippen molar-refractivity contribution in [2.75, 3.05) is 19.8 Å². The van der Waals surface area contributed by atoms with E-state index in [0.717, 1.165) is 25.1 Å². The lowest BCUT2D eigenvalue weighted by molar-refractivity contribution is -0.141. The molecule has 0 unspecified atom stereocenters. The largest absolute Gasteiger partial charge is 0.282 e. The highest BCUT2D eigenvalue weighted by Crippen LogP contribution is 2.30. The van der Waals surface area contributed by atoms with Gasteiger partial charge in [-0.2, -0.15) is 0 Å². The van der Waals surface area contributed by atoms with Gasteiger partial charge < -0.3 is 0 Å². The van der Waals surface area contributed by atoms with Crippen molar-refractivity contribution < 1.29 is 9.59 Å². The lowest BCUT2D eigenvalue weighted by Crippen LogP contribution is -2.43. The molecule has 1 fully saturated rings. The third-order valence-electron chi connectivity index (χ3n) is 5.23. The van der Waals surface area contributed by atoms with Crippen molar-refractivity contribution in [2.24, 2.45) is 0 Å². The Bertz CT molecular complexity index is 830. The van der Waals surface area contributed by atoms with Crippen molar-refractivity contribution >= 4 is 17.4 Å². The summed E-state index contributed by atoms with van der Waals surface area (Å²) in [6.07, 6.45) is 3.42. The topological polar surface area (TPSA) is 40.6 Å². The normalized spacial score (nSPS) is 21.2. The Morgan fingerprint density at radius 3 is 2.27 bits per heavy atom. The third kappa shape index (κ3) is 3.33. The van der Waals surface area contributed by atoms with Gasteiger partial charge >= 0.3 is 0 Å². The van der Waals surface area contributed by atoms with Gasteiger partial charge in [-0.15, -0.1) is 0 Å². The zero-order chi connectivity index (χ0) is 17.9. The monoisotopic (exact) mass is 346 g/mol. The first kappa shape index (κ1) is 16.7. The second-order valence-electron chi connectivity index (χ2n) is 6.89. The summed E-state index contributed by atoms with van der Waals surface area (Å²) in [5, 5.41) is 0. The Balaban J connectivity index is 1.41. The van der Waals surface area contributed by atoms with E-state index in [1.807, 2.05) is 48.5 Å². The van der Waals surface area contributed by atoms with E-state index >= 15 is 0 Å². The van der Waals surface area contributed by atoms with Crippen molar-refractivity contribution in [3.05, 3.63) is 77.9 Å². The van der Waals surface area contributed by atoms with E-state index in [1.165, 1.54) is 16.0 Å². The maximum absolute atomic E-state index is 12.7. The minimum absolute atomic E-state index is 0.0679. The summed E-state index contributed by atoms with van der Waals surface area (Å²) in [5.41, 5.74) is 3.52. The van der Waals surface area contributed by atoms with Crippen LogP contribution in [-0.2, 0) is 9.59 Å². The number of hydrogen-bond donors (Lipinski definition) is 0. The number of rotatable bonds is 4. The molecule has 2 aromatic rings. The van der Waals surface area contributed by atoms with Gasteiger partial charge in [-0.25, -0.2) is 0 Å². The molecule has 2 aliphatic heterocycles. The van der Waals surface area contributed by atoms with Gasteiger partial charge in [0.15, 0.2) is 0 Å². The number of imide groups is 1. The van der Waals surface area contributed by atoms with Crippen LogP contribution >= 0.6 is 0 Å². The van der Waals surface area contributed by atoms with E-state index in [1.54, 1.807) is 0 Å². The quantitative estimate of drug-likeness (QED) is 0.798. The minimum Gasteiger partial charge on any atom is -0.282 e. The molecule has 0 aliphatic carbocycles. The Labute approximate surface area is 153 Å². The van der Waals surface area contributed by atoms with Crippen LogP contribution in [0.5, 0.6) is 0 Å². The van der Waals surface area contributed by atoms with Gasteiger partial charge in [0.05, 0.1) is 12.6 Å². The SMILES string of the molecule is O=C1C[C@@H](c2ccccc2)C(=O)N1CN1CC=C(c2ccccc2)CC1. The number of benzene rings is 2. The van der Waals surface area contributed by atoms with Crippen molar-refractivity contribution in [1.82, 2.24) is 9.80 Å². The molecule has 2 aromatic carbocycles. The predicted molar refractivity (Wildman–Crippen MR) is 101 cm³/mol. The summed E-state index contributed by atoms with van der Waals surface area (Å²) in [6.45, 7) is 2.00. The Morgan fingerprint density at radius 2 is 1.62 bits per heavy atom. The van der Waals surface area contributed by atoms with Crippen LogP contribution in [0.2, 0.25) is 0 Å². The van der Waals surface area contributed by atoms with E-state index in [9.17, 15) is 9.59 Å². The molecule has 2 aliphatic rings. The maximum atomic E-state index is 12.7. The van der Waals surface area contributed by atoms with Crippen LogP contribution in [0, 0.1) is 0 Å². The molecular formula is C22H22N2O2. The molecule has 4 nitrogen and oxygen atoms in total. The number of carbonyl (C=O) groups excluding carboxylic acids is 2. The number of nitrogens with zero attached hydrogens (tertiary/aromatic N) is 2. The molecule has 2 amide bonds. The van der Waals surface area contributed by atoms with Gasteiger partial charge in [0, 0.05) is 19.5 Å². The Morgan fingerprint density at radius 1 is 0.923 bits per heavy atom. The Kier molecular flexibility index (Phi) is 4.67. The van der Waals surface area contributed by atoms with Crippen LogP contribution in [0.3, 0.4) is 0 Å². The fourth-order valence-electron chi connectivity index (χ4n) is 3.73. The standard InChI is InChI=1S/C22H22N2O2/c25-21-15-20(19-9-5-2-6-10-19)22(26)24(21)16-23-13-11-18(12-14-23)17-7-3-1-4-8-17/h1-11,20H,12-16H2/t20-/m0/s1. The summed E-state index contributed by atoms with van der Waals surface area (Å²) in [5.74, 6) is -0.468. The summed E-state index contributed by atoms with van der Waals surface area (Å²) >= 11 is 0. The summed E-state index contributed by atoms with van der Waals surface area (Å²) in [7, 11) is 0. The zero-order valence-electron chi connectivity index (χ0n) is 14.7. The highest BCUT2D eigenvalue weighted by atomic mass is 16.2. The molecule has 1 atom stereocenters. The fourth-order valence-corrected chi connectivity index (χ4v) is 3.73. The molecule has 0 aromatic heterocycles. The van der Waals surface area contributed by atoms with E-state index in [4.69, 9.17) is 0 Å².